The Morgan fingerprint density at radius 3 is 2.70 bits per heavy atom. The molecule has 2 heterocycles. The number of aromatic nitrogens is 3. The van der Waals surface area contributed by atoms with Gasteiger partial charge in [0, 0.05) is 44.2 Å². The number of anilines is 1. The number of thiazole rings is 1. The van der Waals surface area contributed by atoms with Gasteiger partial charge in [-0.1, -0.05) is 0 Å². The molecule has 0 fully saturated rings. The first-order valence-corrected chi connectivity index (χ1v) is 9.33. The van der Waals surface area contributed by atoms with Crippen LogP contribution in [0.5, 0.6) is 0 Å². The van der Waals surface area contributed by atoms with Gasteiger partial charge in [-0.3, -0.25) is 4.99 Å². The summed E-state index contributed by atoms with van der Waals surface area (Å²) in [5.41, 5.74) is 0.0422. The lowest BCUT2D eigenvalue weighted by atomic mass is 10.3. The number of aliphatic imine (C=N–C) groups is 1. The lowest BCUT2D eigenvalue weighted by Gasteiger charge is -2.12. The smallest absolute Gasteiger partial charge is 0.357 e. The second kappa shape index (κ2) is 10.0. The number of alkyl halides is 3. The number of halogens is 3. The number of guanidine groups is 1. The van der Waals surface area contributed by atoms with Crippen LogP contribution in [0.25, 0.3) is 0 Å². The highest BCUT2D eigenvalue weighted by atomic mass is 32.1. The Morgan fingerprint density at radius 1 is 1.22 bits per heavy atom. The Kier molecular flexibility index (Phi) is 7.77. The Hall–Kier alpha value is -2.43. The molecular formula is C16H22F3N7S. The van der Waals surface area contributed by atoms with Gasteiger partial charge in [0.05, 0.1) is 10.7 Å². The van der Waals surface area contributed by atoms with Crippen LogP contribution in [-0.2, 0) is 12.6 Å². The first-order valence-electron chi connectivity index (χ1n) is 8.45. The predicted octanol–water partition coefficient (Wildman–Crippen LogP) is 2.47. The molecule has 0 aromatic carbocycles. The van der Waals surface area contributed by atoms with Crippen molar-refractivity contribution in [1.82, 2.24) is 25.6 Å². The van der Waals surface area contributed by atoms with Gasteiger partial charge in [0.15, 0.2) is 5.96 Å². The van der Waals surface area contributed by atoms with Crippen LogP contribution in [0.1, 0.15) is 23.3 Å². The van der Waals surface area contributed by atoms with Crippen molar-refractivity contribution in [3.63, 3.8) is 0 Å². The fourth-order valence-electron chi connectivity index (χ4n) is 2.10. The topological polar surface area (TPSA) is 87.1 Å². The van der Waals surface area contributed by atoms with Crippen molar-refractivity contribution in [2.75, 3.05) is 31.5 Å². The van der Waals surface area contributed by atoms with E-state index in [1.54, 1.807) is 11.3 Å². The summed E-state index contributed by atoms with van der Waals surface area (Å²) in [7, 11) is 0. The normalized spacial score (nSPS) is 12.1. The van der Waals surface area contributed by atoms with Gasteiger partial charge in [-0.2, -0.15) is 13.2 Å². The molecule has 2 aromatic rings. The monoisotopic (exact) mass is 401 g/mol. The predicted molar refractivity (Wildman–Crippen MR) is 100 cm³/mol. The highest BCUT2D eigenvalue weighted by Crippen LogP contribution is 2.27. The molecule has 0 radical (unpaired) electrons. The molecule has 7 nitrogen and oxygen atoms in total. The molecule has 0 aliphatic heterocycles. The maximum atomic E-state index is 12.6. The Bertz CT molecular complexity index is 746. The number of nitrogens with zero attached hydrogens (tertiary/aromatic N) is 4. The highest BCUT2D eigenvalue weighted by molar-refractivity contribution is 7.09. The summed E-state index contributed by atoms with van der Waals surface area (Å²) in [4.78, 5) is 16.1. The molecule has 148 valence electrons. The molecule has 2 rings (SSSR count). The van der Waals surface area contributed by atoms with E-state index in [1.807, 2.05) is 19.2 Å². The third-order valence-electron chi connectivity index (χ3n) is 3.30. The molecule has 0 unspecified atom stereocenters. The van der Waals surface area contributed by atoms with Crippen LogP contribution in [-0.4, -0.2) is 47.1 Å². The molecule has 0 aliphatic rings. The van der Waals surface area contributed by atoms with Gasteiger partial charge in [-0.05, 0) is 19.9 Å². The summed E-state index contributed by atoms with van der Waals surface area (Å²) in [5, 5.41) is 12.0. The quantitative estimate of drug-likeness (QED) is 0.358. The van der Waals surface area contributed by atoms with Crippen LogP contribution >= 0.6 is 11.3 Å². The molecule has 11 heteroatoms. The zero-order valence-electron chi connectivity index (χ0n) is 15.1. The van der Waals surface area contributed by atoms with Crippen molar-refractivity contribution in [3.05, 3.63) is 34.0 Å². The van der Waals surface area contributed by atoms with Crippen LogP contribution in [0.15, 0.2) is 22.6 Å². The van der Waals surface area contributed by atoms with Crippen molar-refractivity contribution in [2.24, 2.45) is 4.99 Å². The summed E-state index contributed by atoms with van der Waals surface area (Å²) in [6.45, 7) is 5.99. The number of hydrogen-bond donors (Lipinski definition) is 3. The van der Waals surface area contributed by atoms with Crippen molar-refractivity contribution in [3.8, 4) is 0 Å². The average Bonchev–Trinajstić information content (AvgIpc) is 3.03. The van der Waals surface area contributed by atoms with Gasteiger partial charge in [-0.25, -0.2) is 15.0 Å². The van der Waals surface area contributed by atoms with Gasteiger partial charge in [0.25, 0.3) is 0 Å². The maximum Gasteiger partial charge on any atom is 0.433 e. The van der Waals surface area contributed by atoms with Gasteiger partial charge in [0.2, 0.25) is 5.95 Å². The molecule has 0 aliphatic carbocycles. The minimum atomic E-state index is -4.49. The summed E-state index contributed by atoms with van der Waals surface area (Å²) in [6, 6.07) is 0.837. The molecule has 2 aromatic heterocycles. The SMILES string of the molecule is CCNC(=NCCc1csc(C)n1)NCCNc1nccc(C(F)(F)F)n1. The molecule has 27 heavy (non-hydrogen) atoms. The largest absolute Gasteiger partial charge is 0.433 e. The van der Waals surface area contributed by atoms with E-state index in [2.05, 4.69) is 35.9 Å². The fraction of sp³-hybridized carbons (Fsp3) is 0.500. The molecule has 0 saturated heterocycles. The summed E-state index contributed by atoms with van der Waals surface area (Å²) >= 11 is 1.61. The van der Waals surface area contributed by atoms with Crippen LogP contribution in [0.2, 0.25) is 0 Å². The molecule has 0 atom stereocenters. The van der Waals surface area contributed by atoms with Crippen LogP contribution in [0.3, 0.4) is 0 Å². The maximum absolute atomic E-state index is 12.6. The minimum Gasteiger partial charge on any atom is -0.357 e. The molecular weight excluding hydrogens is 379 g/mol. The zero-order valence-corrected chi connectivity index (χ0v) is 15.9. The molecule has 3 N–H and O–H groups in total. The zero-order chi connectivity index (χ0) is 19.7. The first kappa shape index (κ1) is 20.9. The molecule has 0 spiro atoms. The Balaban J connectivity index is 1.77. The lowest BCUT2D eigenvalue weighted by Crippen LogP contribution is -2.39. The number of nitrogens with one attached hydrogen (secondary N) is 3. The third-order valence-corrected chi connectivity index (χ3v) is 4.12. The number of hydrogen-bond acceptors (Lipinski definition) is 6. The highest BCUT2D eigenvalue weighted by Gasteiger charge is 2.32. The summed E-state index contributed by atoms with van der Waals surface area (Å²) in [5.74, 6) is 0.573. The standard InChI is InChI=1S/C16H22F3N7S/c1-3-20-14(21-6-4-12-10-27-11(2)25-12)23-8-9-24-15-22-7-5-13(26-15)16(17,18)19/h5,7,10H,3-4,6,8-9H2,1-2H3,(H2,20,21,23)(H,22,24,26). The van der Waals surface area contributed by atoms with Crippen LogP contribution in [0.4, 0.5) is 19.1 Å². The van der Waals surface area contributed by atoms with Crippen molar-refractivity contribution in [1.29, 1.82) is 0 Å². The van der Waals surface area contributed by atoms with E-state index >= 15 is 0 Å². The van der Waals surface area contributed by atoms with E-state index in [4.69, 9.17) is 0 Å². The van der Waals surface area contributed by atoms with Crippen molar-refractivity contribution < 1.29 is 13.2 Å². The van der Waals surface area contributed by atoms with E-state index in [9.17, 15) is 13.2 Å². The molecule has 0 bridgehead atoms. The van der Waals surface area contributed by atoms with E-state index < -0.39 is 11.9 Å². The van der Waals surface area contributed by atoms with E-state index in [0.717, 1.165) is 29.4 Å². The first-order chi connectivity index (χ1) is 12.9. The van der Waals surface area contributed by atoms with Crippen molar-refractivity contribution >= 4 is 23.2 Å². The molecule has 0 saturated carbocycles. The average molecular weight is 401 g/mol. The van der Waals surface area contributed by atoms with Crippen LogP contribution < -0.4 is 16.0 Å². The molecule has 0 amide bonds. The third kappa shape index (κ3) is 7.37. The van der Waals surface area contributed by atoms with E-state index in [-0.39, 0.29) is 5.95 Å². The lowest BCUT2D eigenvalue weighted by molar-refractivity contribution is -0.141. The number of aryl methyl sites for hydroxylation is 1. The van der Waals surface area contributed by atoms with Gasteiger partial charge in [-0.15, -0.1) is 11.3 Å². The van der Waals surface area contributed by atoms with Gasteiger partial charge >= 0.3 is 6.18 Å². The second-order valence-electron chi connectivity index (χ2n) is 5.49. The summed E-state index contributed by atoms with van der Waals surface area (Å²) in [6.07, 6.45) is -2.66. The summed E-state index contributed by atoms with van der Waals surface area (Å²) < 4.78 is 37.9. The Labute approximate surface area is 159 Å². The minimum absolute atomic E-state index is 0.0625. The van der Waals surface area contributed by atoms with Gasteiger partial charge < -0.3 is 16.0 Å². The fourth-order valence-corrected chi connectivity index (χ4v) is 2.75. The Morgan fingerprint density at radius 2 is 2.04 bits per heavy atom. The van der Waals surface area contributed by atoms with Crippen LogP contribution in [0, 0.1) is 6.92 Å². The van der Waals surface area contributed by atoms with E-state index in [1.165, 1.54) is 0 Å². The number of rotatable bonds is 8. The van der Waals surface area contributed by atoms with E-state index in [0.29, 0.717) is 32.1 Å². The second-order valence-corrected chi connectivity index (χ2v) is 6.55. The van der Waals surface area contributed by atoms with Crippen molar-refractivity contribution in [2.45, 2.75) is 26.4 Å². The van der Waals surface area contributed by atoms with Gasteiger partial charge in [0.1, 0.15) is 5.69 Å².